The molecule has 0 aromatic heterocycles. The van der Waals surface area contributed by atoms with Gasteiger partial charge in [0.05, 0.1) is 17.6 Å². The topological polar surface area (TPSA) is 57.6 Å². The highest BCUT2D eigenvalue weighted by Gasteiger charge is 2.31. The quantitative estimate of drug-likeness (QED) is 0.898. The summed E-state index contributed by atoms with van der Waals surface area (Å²) >= 11 is 3.37. The SMILES string of the molecule is CN(CC(O)c1cccc(Br)c1)C1CCS(=O)(=O)C1. The number of likely N-dealkylation sites (N-methyl/N-ethyl adjacent to an activating group) is 1. The van der Waals surface area contributed by atoms with Gasteiger partial charge in [0.1, 0.15) is 0 Å². The molecule has 4 nitrogen and oxygen atoms in total. The highest BCUT2D eigenvalue weighted by molar-refractivity contribution is 9.10. The molecule has 2 unspecified atom stereocenters. The molecule has 2 atom stereocenters. The maximum absolute atomic E-state index is 11.5. The van der Waals surface area contributed by atoms with Crippen LogP contribution in [0.25, 0.3) is 0 Å². The van der Waals surface area contributed by atoms with Gasteiger partial charge in [-0.25, -0.2) is 8.42 Å². The van der Waals surface area contributed by atoms with Gasteiger partial charge in [0, 0.05) is 17.1 Å². The van der Waals surface area contributed by atoms with E-state index < -0.39 is 15.9 Å². The van der Waals surface area contributed by atoms with Crippen molar-refractivity contribution >= 4 is 25.8 Å². The second kappa shape index (κ2) is 5.91. The third kappa shape index (κ3) is 4.02. The molecule has 1 fully saturated rings. The summed E-state index contributed by atoms with van der Waals surface area (Å²) in [5, 5.41) is 10.2. The second-order valence-electron chi connectivity index (χ2n) is 5.07. The van der Waals surface area contributed by atoms with Gasteiger partial charge in [-0.3, -0.25) is 4.90 Å². The first kappa shape index (κ1) is 15.0. The first-order valence-electron chi connectivity index (χ1n) is 6.21. The monoisotopic (exact) mass is 347 g/mol. The summed E-state index contributed by atoms with van der Waals surface area (Å²) in [4.78, 5) is 1.94. The molecular formula is C13H18BrNO3S. The van der Waals surface area contributed by atoms with Gasteiger partial charge in [0.2, 0.25) is 0 Å². The van der Waals surface area contributed by atoms with E-state index in [1.165, 1.54) is 0 Å². The van der Waals surface area contributed by atoms with E-state index >= 15 is 0 Å². The van der Waals surface area contributed by atoms with E-state index in [9.17, 15) is 13.5 Å². The molecule has 0 saturated carbocycles. The number of benzene rings is 1. The normalized spacial score (nSPS) is 23.7. The number of hydrogen-bond acceptors (Lipinski definition) is 4. The van der Waals surface area contributed by atoms with Crippen molar-refractivity contribution in [2.75, 3.05) is 25.1 Å². The first-order chi connectivity index (χ1) is 8.87. The van der Waals surface area contributed by atoms with Crippen LogP contribution in [0.4, 0.5) is 0 Å². The Kier molecular flexibility index (Phi) is 4.66. The first-order valence-corrected chi connectivity index (χ1v) is 8.83. The highest BCUT2D eigenvalue weighted by atomic mass is 79.9. The van der Waals surface area contributed by atoms with Crippen molar-refractivity contribution in [2.24, 2.45) is 0 Å². The zero-order chi connectivity index (χ0) is 14.0. The number of rotatable bonds is 4. The predicted octanol–water partition coefficient (Wildman–Crippen LogP) is 1.60. The van der Waals surface area contributed by atoms with Gasteiger partial charge >= 0.3 is 0 Å². The fourth-order valence-electron chi connectivity index (χ4n) is 2.36. The number of aliphatic hydroxyl groups is 1. The maximum Gasteiger partial charge on any atom is 0.151 e. The average Bonchev–Trinajstić information content (AvgIpc) is 2.69. The molecule has 1 saturated heterocycles. The molecule has 106 valence electrons. The van der Waals surface area contributed by atoms with Crippen molar-refractivity contribution in [2.45, 2.75) is 18.6 Å². The van der Waals surface area contributed by atoms with Crippen LogP contribution in [-0.4, -0.2) is 49.6 Å². The van der Waals surface area contributed by atoms with Crippen molar-refractivity contribution in [3.8, 4) is 0 Å². The Morgan fingerprint density at radius 2 is 2.26 bits per heavy atom. The average molecular weight is 348 g/mol. The van der Waals surface area contributed by atoms with Gasteiger partial charge in [-0.05, 0) is 31.2 Å². The lowest BCUT2D eigenvalue weighted by atomic mass is 10.1. The molecule has 0 spiro atoms. The second-order valence-corrected chi connectivity index (χ2v) is 8.21. The zero-order valence-electron chi connectivity index (χ0n) is 10.8. The molecule has 0 radical (unpaired) electrons. The standard InChI is InChI=1S/C13H18BrNO3S/c1-15(12-5-6-19(17,18)9-12)8-13(16)10-3-2-4-11(14)7-10/h2-4,7,12-13,16H,5-6,8-9H2,1H3. The fourth-order valence-corrected chi connectivity index (χ4v) is 4.59. The van der Waals surface area contributed by atoms with Crippen LogP contribution in [0, 0.1) is 0 Å². The summed E-state index contributed by atoms with van der Waals surface area (Å²) in [7, 11) is -1.01. The third-order valence-electron chi connectivity index (χ3n) is 3.53. The summed E-state index contributed by atoms with van der Waals surface area (Å²) in [6.45, 7) is 0.441. The van der Waals surface area contributed by atoms with Crippen LogP contribution >= 0.6 is 15.9 Å². The number of hydrogen-bond donors (Lipinski definition) is 1. The molecule has 1 aromatic rings. The third-order valence-corrected chi connectivity index (χ3v) is 5.77. The Bertz CT molecular complexity index is 547. The molecule has 0 aliphatic carbocycles. The molecule has 2 rings (SSSR count). The minimum Gasteiger partial charge on any atom is -0.387 e. The summed E-state index contributed by atoms with van der Waals surface area (Å²) in [5.41, 5.74) is 0.835. The zero-order valence-corrected chi connectivity index (χ0v) is 13.2. The van der Waals surface area contributed by atoms with E-state index in [1.54, 1.807) is 0 Å². The van der Waals surface area contributed by atoms with Crippen LogP contribution in [0.15, 0.2) is 28.7 Å². The smallest absolute Gasteiger partial charge is 0.151 e. The lowest BCUT2D eigenvalue weighted by Gasteiger charge is -2.25. The van der Waals surface area contributed by atoms with E-state index in [0.717, 1.165) is 10.0 Å². The van der Waals surface area contributed by atoms with E-state index in [-0.39, 0.29) is 17.5 Å². The Labute approximate surface area is 122 Å². The lowest BCUT2D eigenvalue weighted by molar-refractivity contribution is 0.110. The molecular weight excluding hydrogens is 330 g/mol. The fraction of sp³-hybridized carbons (Fsp3) is 0.538. The predicted molar refractivity (Wildman–Crippen MR) is 78.8 cm³/mol. The molecule has 1 aliphatic rings. The Morgan fingerprint density at radius 3 is 2.84 bits per heavy atom. The van der Waals surface area contributed by atoms with E-state index in [1.807, 2.05) is 36.2 Å². The number of aliphatic hydroxyl groups excluding tert-OH is 1. The van der Waals surface area contributed by atoms with Gasteiger partial charge < -0.3 is 5.11 Å². The summed E-state index contributed by atoms with van der Waals surface area (Å²) < 4.78 is 23.8. The Morgan fingerprint density at radius 1 is 1.53 bits per heavy atom. The van der Waals surface area contributed by atoms with Gasteiger partial charge in [0.15, 0.2) is 9.84 Å². The summed E-state index contributed by atoms with van der Waals surface area (Å²) in [5.74, 6) is 0.462. The number of halogens is 1. The van der Waals surface area contributed by atoms with Gasteiger partial charge in [0.25, 0.3) is 0 Å². The largest absolute Gasteiger partial charge is 0.387 e. The molecule has 1 aliphatic heterocycles. The van der Waals surface area contributed by atoms with Crippen molar-refractivity contribution < 1.29 is 13.5 Å². The van der Waals surface area contributed by atoms with Gasteiger partial charge in [-0.1, -0.05) is 28.1 Å². The van der Waals surface area contributed by atoms with Crippen molar-refractivity contribution in [1.29, 1.82) is 0 Å². The highest BCUT2D eigenvalue weighted by Crippen LogP contribution is 2.22. The maximum atomic E-state index is 11.5. The van der Waals surface area contributed by atoms with Crippen LogP contribution < -0.4 is 0 Å². The van der Waals surface area contributed by atoms with E-state index in [2.05, 4.69) is 15.9 Å². The Hall–Kier alpha value is -0.430. The van der Waals surface area contributed by atoms with Crippen LogP contribution in [0.1, 0.15) is 18.1 Å². The molecule has 6 heteroatoms. The van der Waals surface area contributed by atoms with Crippen LogP contribution in [0.5, 0.6) is 0 Å². The molecule has 0 bridgehead atoms. The molecule has 1 N–H and O–H groups in total. The molecule has 0 amide bonds. The van der Waals surface area contributed by atoms with E-state index in [0.29, 0.717) is 13.0 Å². The van der Waals surface area contributed by atoms with Crippen molar-refractivity contribution in [3.63, 3.8) is 0 Å². The van der Waals surface area contributed by atoms with E-state index in [4.69, 9.17) is 0 Å². The summed E-state index contributed by atoms with van der Waals surface area (Å²) in [6.07, 6.45) is 0.0510. The minimum absolute atomic E-state index is 0.0202. The molecule has 1 aromatic carbocycles. The van der Waals surface area contributed by atoms with Crippen molar-refractivity contribution in [1.82, 2.24) is 4.90 Å². The van der Waals surface area contributed by atoms with Crippen LogP contribution in [-0.2, 0) is 9.84 Å². The summed E-state index contributed by atoms with van der Waals surface area (Å²) in [6, 6.07) is 7.55. The van der Waals surface area contributed by atoms with Crippen molar-refractivity contribution in [3.05, 3.63) is 34.3 Å². The van der Waals surface area contributed by atoms with Crippen LogP contribution in [0.3, 0.4) is 0 Å². The lowest BCUT2D eigenvalue weighted by Crippen LogP contribution is -2.35. The van der Waals surface area contributed by atoms with Gasteiger partial charge in [-0.15, -0.1) is 0 Å². The van der Waals surface area contributed by atoms with Crippen LogP contribution in [0.2, 0.25) is 0 Å². The number of sulfone groups is 1. The minimum atomic E-state index is -2.88. The van der Waals surface area contributed by atoms with Gasteiger partial charge in [-0.2, -0.15) is 0 Å². The Balaban J connectivity index is 1.97. The molecule has 19 heavy (non-hydrogen) atoms. The molecule has 1 heterocycles. The number of nitrogens with zero attached hydrogens (tertiary/aromatic N) is 1.